The maximum Gasteiger partial charge on any atom is 0.0658 e. The maximum atomic E-state index is 7.27. The summed E-state index contributed by atoms with van der Waals surface area (Å²) in [5.74, 6) is 0. The van der Waals surface area contributed by atoms with Crippen LogP contribution in [0.2, 0.25) is 0 Å². The Morgan fingerprint density at radius 3 is 2.73 bits per heavy atom. The lowest BCUT2D eigenvalue weighted by molar-refractivity contribution is 1.37. The standard InChI is InChI=1S/C9H11NS/c1-7-4-3-5-9(6-7)11-8(2)10/h3-6,10H,1-2H3. The molecule has 1 rings (SSSR count). The molecule has 0 spiro atoms. The van der Waals surface area contributed by atoms with Gasteiger partial charge in [0.15, 0.2) is 0 Å². The fourth-order valence-electron chi connectivity index (χ4n) is 0.856. The molecule has 0 fully saturated rings. The molecule has 0 heterocycles. The van der Waals surface area contributed by atoms with Crippen LogP contribution in [0.4, 0.5) is 0 Å². The summed E-state index contributed by atoms with van der Waals surface area (Å²) in [6.45, 7) is 3.86. The van der Waals surface area contributed by atoms with Gasteiger partial charge in [0.05, 0.1) is 5.04 Å². The van der Waals surface area contributed by atoms with Gasteiger partial charge in [-0.3, -0.25) is 5.41 Å². The van der Waals surface area contributed by atoms with E-state index in [0.717, 1.165) is 4.90 Å². The molecule has 11 heavy (non-hydrogen) atoms. The quantitative estimate of drug-likeness (QED) is 0.386. The molecule has 0 unspecified atom stereocenters. The first-order valence-electron chi connectivity index (χ1n) is 3.48. The Labute approximate surface area is 71.3 Å². The average molecular weight is 165 g/mol. The second-order valence-electron chi connectivity index (χ2n) is 2.47. The third kappa shape index (κ3) is 2.76. The lowest BCUT2D eigenvalue weighted by atomic mass is 10.2. The average Bonchev–Trinajstić information content (AvgIpc) is 1.85. The Balaban J connectivity index is 2.79. The van der Waals surface area contributed by atoms with E-state index < -0.39 is 0 Å². The van der Waals surface area contributed by atoms with E-state index in [1.54, 1.807) is 6.92 Å². The van der Waals surface area contributed by atoms with E-state index in [1.165, 1.54) is 17.3 Å². The molecular formula is C9H11NS. The van der Waals surface area contributed by atoms with E-state index in [-0.39, 0.29) is 0 Å². The van der Waals surface area contributed by atoms with Crippen LogP contribution in [0.25, 0.3) is 0 Å². The Kier molecular flexibility index (Phi) is 2.71. The van der Waals surface area contributed by atoms with Gasteiger partial charge in [-0.2, -0.15) is 0 Å². The minimum absolute atomic E-state index is 0.635. The highest BCUT2D eigenvalue weighted by atomic mass is 32.2. The van der Waals surface area contributed by atoms with E-state index in [4.69, 9.17) is 5.41 Å². The fraction of sp³-hybridized carbons (Fsp3) is 0.222. The largest absolute Gasteiger partial charge is 0.298 e. The van der Waals surface area contributed by atoms with Gasteiger partial charge in [-0.1, -0.05) is 29.5 Å². The second-order valence-corrected chi connectivity index (χ2v) is 3.76. The van der Waals surface area contributed by atoms with Crippen LogP contribution < -0.4 is 0 Å². The molecule has 0 atom stereocenters. The molecule has 0 aromatic heterocycles. The van der Waals surface area contributed by atoms with Crippen molar-refractivity contribution in [3.05, 3.63) is 29.8 Å². The highest BCUT2D eigenvalue weighted by Crippen LogP contribution is 2.19. The molecule has 0 saturated carbocycles. The Bertz CT molecular complexity index is 268. The van der Waals surface area contributed by atoms with Crippen LogP contribution in [-0.4, -0.2) is 5.04 Å². The third-order valence-corrected chi connectivity index (χ3v) is 2.06. The first kappa shape index (κ1) is 8.34. The van der Waals surface area contributed by atoms with Crippen molar-refractivity contribution in [2.75, 3.05) is 0 Å². The smallest absolute Gasteiger partial charge is 0.0658 e. The lowest BCUT2D eigenvalue weighted by Crippen LogP contribution is -1.80. The highest BCUT2D eigenvalue weighted by molar-refractivity contribution is 8.13. The van der Waals surface area contributed by atoms with Gasteiger partial charge in [-0.25, -0.2) is 0 Å². The number of hydrogen-bond donors (Lipinski definition) is 1. The molecule has 1 nitrogen and oxygen atoms in total. The van der Waals surface area contributed by atoms with Gasteiger partial charge < -0.3 is 0 Å². The topological polar surface area (TPSA) is 23.9 Å². The molecule has 0 aliphatic rings. The molecule has 2 heteroatoms. The first-order valence-corrected chi connectivity index (χ1v) is 4.30. The normalized spacial score (nSPS) is 9.64. The predicted molar refractivity (Wildman–Crippen MR) is 50.4 cm³/mol. The second kappa shape index (κ2) is 3.58. The first-order chi connectivity index (χ1) is 5.18. The third-order valence-electron chi connectivity index (χ3n) is 1.26. The number of hydrogen-bond acceptors (Lipinski definition) is 2. The van der Waals surface area contributed by atoms with Gasteiger partial charge in [-0.05, 0) is 26.0 Å². The summed E-state index contributed by atoms with van der Waals surface area (Å²) in [6.07, 6.45) is 0. The van der Waals surface area contributed by atoms with Gasteiger partial charge in [-0.15, -0.1) is 0 Å². The molecule has 58 valence electrons. The van der Waals surface area contributed by atoms with Crippen LogP contribution in [0.1, 0.15) is 12.5 Å². The minimum atomic E-state index is 0.635. The Morgan fingerprint density at radius 2 is 2.18 bits per heavy atom. The van der Waals surface area contributed by atoms with Crippen molar-refractivity contribution in [3.63, 3.8) is 0 Å². The zero-order valence-electron chi connectivity index (χ0n) is 6.72. The van der Waals surface area contributed by atoms with Crippen LogP contribution in [-0.2, 0) is 0 Å². The molecule has 1 aromatic rings. The molecule has 0 aliphatic heterocycles. The summed E-state index contributed by atoms with van der Waals surface area (Å²) in [6, 6.07) is 8.18. The molecule has 0 amide bonds. The molecular weight excluding hydrogens is 154 g/mol. The van der Waals surface area contributed by atoms with E-state index in [1.807, 2.05) is 12.1 Å². The van der Waals surface area contributed by atoms with Gasteiger partial charge in [0.2, 0.25) is 0 Å². The van der Waals surface area contributed by atoms with Gasteiger partial charge in [0.25, 0.3) is 0 Å². The van der Waals surface area contributed by atoms with Crippen molar-refractivity contribution in [1.29, 1.82) is 5.41 Å². The molecule has 1 N–H and O–H groups in total. The number of rotatable bonds is 1. The molecule has 0 bridgehead atoms. The van der Waals surface area contributed by atoms with Gasteiger partial charge >= 0.3 is 0 Å². The Hall–Kier alpha value is -0.760. The van der Waals surface area contributed by atoms with E-state index >= 15 is 0 Å². The monoisotopic (exact) mass is 165 g/mol. The highest BCUT2D eigenvalue weighted by Gasteiger charge is 1.93. The van der Waals surface area contributed by atoms with Crippen LogP contribution >= 0.6 is 11.8 Å². The van der Waals surface area contributed by atoms with Crippen molar-refractivity contribution in [2.45, 2.75) is 18.7 Å². The summed E-state index contributed by atoms with van der Waals surface area (Å²) < 4.78 is 0. The summed E-state index contributed by atoms with van der Waals surface area (Å²) in [4.78, 5) is 1.15. The zero-order valence-corrected chi connectivity index (χ0v) is 7.53. The van der Waals surface area contributed by atoms with Crippen molar-refractivity contribution < 1.29 is 0 Å². The van der Waals surface area contributed by atoms with Gasteiger partial charge in [0, 0.05) is 4.90 Å². The Morgan fingerprint density at radius 1 is 1.45 bits per heavy atom. The van der Waals surface area contributed by atoms with Crippen molar-refractivity contribution >= 4 is 16.8 Å². The zero-order chi connectivity index (χ0) is 8.27. The summed E-state index contributed by atoms with van der Waals surface area (Å²) in [5, 5.41) is 7.90. The number of benzene rings is 1. The summed E-state index contributed by atoms with van der Waals surface area (Å²) in [7, 11) is 0. The predicted octanol–water partition coefficient (Wildman–Crippen LogP) is 3.08. The molecule has 0 aliphatic carbocycles. The summed E-state index contributed by atoms with van der Waals surface area (Å²) >= 11 is 1.50. The van der Waals surface area contributed by atoms with Crippen LogP contribution in [0.15, 0.2) is 29.2 Å². The van der Waals surface area contributed by atoms with Crippen molar-refractivity contribution in [2.24, 2.45) is 0 Å². The van der Waals surface area contributed by atoms with Crippen LogP contribution in [0, 0.1) is 12.3 Å². The van der Waals surface area contributed by atoms with E-state index in [0.29, 0.717) is 5.04 Å². The lowest BCUT2D eigenvalue weighted by Gasteiger charge is -1.98. The summed E-state index contributed by atoms with van der Waals surface area (Å²) in [5.41, 5.74) is 1.25. The molecule has 0 radical (unpaired) electrons. The SMILES string of the molecule is CC(=N)Sc1cccc(C)c1. The van der Waals surface area contributed by atoms with E-state index in [9.17, 15) is 0 Å². The van der Waals surface area contributed by atoms with Crippen molar-refractivity contribution in [3.8, 4) is 0 Å². The number of thioether (sulfide) groups is 1. The van der Waals surface area contributed by atoms with Crippen LogP contribution in [0.3, 0.4) is 0 Å². The number of aryl methyl sites for hydroxylation is 1. The minimum Gasteiger partial charge on any atom is -0.298 e. The van der Waals surface area contributed by atoms with Crippen LogP contribution in [0.5, 0.6) is 0 Å². The van der Waals surface area contributed by atoms with E-state index in [2.05, 4.69) is 19.1 Å². The molecule has 0 saturated heterocycles. The van der Waals surface area contributed by atoms with Gasteiger partial charge in [0.1, 0.15) is 0 Å². The maximum absolute atomic E-state index is 7.27. The van der Waals surface area contributed by atoms with Crippen molar-refractivity contribution in [1.82, 2.24) is 0 Å². The molecule has 1 aromatic carbocycles. The fourth-order valence-corrected chi connectivity index (χ4v) is 1.60. The number of nitrogens with one attached hydrogen (secondary N) is 1.